The summed E-state index contributed by atoms with van der Waals surface area (Å²) in [4.78, 5) is 0. The maximum absolute atomic E-state index is 3.63. The van der Waals surface area contributed by atoms with Crippen LogP contribution >= 0.6 is 0 Å². The first-order chi connectivity index (χ1) is 17.0. The molecule has 0 aliphatic heterocycles. The first kappa shape index (κ1) is 36.3. The highest BCUT2D eigenvalue weighted by Gasteiger charge is 2.11. The number of hydrogen-bond acceptors (Lipinski definition) is 0. The molecule has 0 spiro atoms. The van der Waals surface area contributed by atoms with Gasteiger partial charge >= 0.3 is 0 Å². The largest absolute Gasteiger partial charge is 0.0985 e. The third-order valence-corrected chi connectivity index (χ3v) is 4.77. The fourth-order valence-electron chi connectivity index (χ4n) is 2.12. The van der Waals surface area contributed by atoms with Crippen LogP contribution in [0.2, 0.25) is 0 Å². The van der Waals surface area contributed by atoms with Gasteiger partial charge in [-0.05, 0) is 32.9 Å². The summed E-state index contributed by atoms with van der Waals surface area (Å²) in [6, 6.07) is 30.6. The Kier molecular flexibility index (Phi) is 18.9. The van der Waals surface area contributed by atoms with E-state index < -0.39 is 0 Å². The molecule has 204 valence electrons. The molecule has 3 aromatic carbocycles. The molecule has 0 aliphatic rings. The highest BCUT2D eigenvalue weighted by Crippen LogP contribution is 2.20. The normalized spacial score (nSPS) is 10.4. The predicted octanol–water partition coefficient (Wildman–Crippen LogP) is 12.1. The van der Waals surface area contributed by atoms with Crippen LogP contribution in [-0.2, 0) is 5.41 Å². The van der Waals surface area contributed by atoms with Crippen molar-refractivity contribution in [3.8, 4) is 0 Å². The lowest BCUT2D eigenvalue weighted by molar-refractivity contribution is 0.398. The van der Waals surface area contributed by atoms with Crippen molar-refractivity contribution in [2.45, 2.75) is 88.0 Å². The zero-order chi connectivity index (χ0) is 29.0. The first-order valence-electron chi connectivity index (χ1n) is 13.4. The summed E-state index contributed by atoms with van der Waals surface area (Å²) in [5.74, 6) is 0. The maximum atomic E-state index is 3.63. The van der Waals surface area contributed by atoms with Gasteiger partial charge in [-0.25, -0.2) is 0 Å². The van der Waals surface area contributed by atoms with Crippen molar-refractivity contribution in [3.63, 3.8) is 0 Å². The van der Waals surface area contributed by atoms with Crippen molar-refractivity contribution in [2.75, 3.05) is 0 Å². The van der Waals surface area contributed by atoms with E-state index in [9.17, 15) is 0 Å². The van der Waals surface area contributed by atoms with Crippen molar-refractivity contribution in [2.24, 2.45) is 10.8 Å². The Morgan fingerprint density at radius 1 is 0.514 bits per heavy atom. The molecule has 0 N–H and O–H groups in total. The lowest BCUT2D eigenvalue weighted by atomic mass is 9.87. The van der Waals surface area contributed by atoms with Crippen LogP contribution in [0.1, 0.15) is 99.3 Å². The van der Waals surface area contributed by atoms with Gasteiger partial charge < -0.3 is 0 Å². The zero-order valence-electron chi connectivity index (χ0n) is 25.9. The summed E-state index contributed by atoms with van der Waals surface area (Å²) in [6.07, 6.45) is 4.94. The molecular weight excluding hydrogens is 444 g/mol. The summed E-state index contributed by atoms with van der Waals surface area (Å²) in [5, 5.41) is 0. The van der Waals surface area contributed by atoms with Gasteiger partial charge in [0.25, 0.3) is 0 Å². The monoisotopic (exact) mass is 500 g/mol. The maximum Gasteiger partial charge on any atom is -0.0132 e. The van der Waals surface area contributed by atoms with Gasteiger partial charge in [-0.2, -0.15) is 0 Å². The molecule has 0 nitrogen and oxygen atoms in total. The SMILES string of the molecule is C=Cc1ccccc1.C=Cc1ccccc1.CC(C)(C)C.CC(C)(C)c1ccccc1.CCC(C)(C)C. The van der Waals surface area contributed by atoms with Crippen molar-refractivity contribution in [1.82, 2.24) is 0 Å². The summed E-state index contributed by atoms with van der Waals surface area (Å²) in [7, 11) is 0. The predicted molar refractivity (Wildman–Crippen MR) is 173 cm³/mol. The molecule has 0 aromatic heterocycles. The number of rotatable bonds is 2. The van der Waals surface area contributed by atoms with Crippen LogP contribution < -0.4 is 0 Å². The smallest absolute Gasteiger partial charge is 0.0132 e. The van der Waals surface area contributed by atoms with Crippen LogP contribution in [0.25, 0.3) is 12.2 Å². The molecule has 0 saturated carbocycles. The van der Waals surface area contributed by atoms with E-state index in [1.807, 2.05) is 72.8 Å². The molecule has 0 fully saturated rings. The van der Waals surface area contributed by atoms with Gasteiger partial charge in [0.1, 0.15) is 0 Å². The van der Waals surface area contributed by atoms with Gasteiger partial charge in [0.05, 0.1) is 0 Å². The lowest BCUT2D eigenvalue weighted by Crippen LogP contribution is -2.10. The van der Waals surface area contributed by atoms with Crippen LogP contribution in [0, 0.1) is 10.8 Å². The van der Waals surface area contributed by atoms with Gasteiger partial charge in [-0.1, -0.05) is 199 Å². The molecule has 3 rings (SSSR count). The van der Waals surface area contributed by atoms with Gasteiger partial charge in [-0.15, -0.1) is 0 Å². The van der Waals surface area contributed by atoms with Crippen molar-refractivity contribution in [3.05, 3.63) is 121 Å². The molecule has 0 amide bonds. The van der Waals surface area contributed by atoms with E-state index >= 15 is 0 Å². The van der Waals surface area contributed by atoms with Gasteiger partial charge in [0.15, 0.2) is 0 Å². The highest BCUT2D eigenvalue weighted by atomic mass is 14.2. The molecule has 0 atom stereocenters. The van der Waals surface area contributed by atoms with Crippen molar-refractivity contribution < 1.29 is 0 Å². The fourth-order valence-corrected chi connectivity index (χ4v) is 2.12. The first-order valence-corrected chi connectivity index (χ1v) is 13.4. The molecule has 0 unspecified atom stereocenters. The third-order valence-electron chi connectivity index (χ3n) is 4.77. The van der Waals surface area contributed by atoms with Crippen LogP contribution in [0.4, 0.5) is 0 Å². The van der Waals surface area contributed by atoms with E-state index in [0.717, 1.165) is 0 Å². The minimum atomic E-state index is 0.293. The minimum Gasteiger partial charge on any atom is -0.0985 e. The number of benzene rings is 3. The molecule has 0 aliphatic carbocycles. The Morgan fingerprint density at radius 2 is 0.757 bits per heavy atom. The van der Waals surface area contributed by atoms with E-state index in [-0.39, 0.29) is 0 Å². The molecule has 37 heavy (non-hydrogen) atoms. The second-order valence-electron chi connectivity index (χ2n) is 12.8. The molecule has 0 heterocycles. The van der Waals surface area contributed by atoms with Crippen molar-refractivity contribution >= 4 is 12.2 Å². The standard InChI is InChI=1S/C10H14.2C8H8.C6H14.C5H12/c1-10(2,3)9-7-5-4-6-8-9;2*1-2-8-6-4-3-5-7-8;1-5-6(2,3)4;1-5(2,3)4/h4-8H,1-3H3;2*2-7H,1H2;5H2,1-4H3;1-4H3. The molecule has 0 radical (unpaired) electrons. The molecule has 0 bridgehead atoms. The highest BCUT2D eigenvalue weighted by molar-refractivity contribution is 5.46. The quantitative estimate of drug-likeness (QED) is 0.328. The van der Waals surface area contributed by atoms with Crippen LogP contribution in [-0.4, -0.2) is 0 Å². The third kappa shape index (κ3) is 27.6. The van der Waals surface area contributed by atoms with Gasteiger partial charge in [0, 0.05) is 0 Å². The van der Waals surface area contributed by atoms with Crippen LogP contribution in [0.15, 0.2) is 104 Å². The second-order valence-corrected chi connectivity index (χ2v) is 12.8. The zero-order valence-corrected chi connectivity index (χ0v) is 25.9. The summed E-state index contributed by atoms with van der Waals surface area (Å²) < 4.78 is 0. The average Bonchev–Trinajstić information content (AvgIpc) is 2.85. The van der Waals surface area contributed by atoms with Gasteiger partial charge in [-0.3, -0.25) is 0 Å². The summed E-state index contributed by atoms with van der Waals surface area (Å²) in [5.41, 5.74) is 5.08. The van der Waals surface area contributed by atoms with E-state index in [1.54, 1.807) is 0 Å². The van der Waals surface area contributed by atoms with E-state index in [0.29, 0.717) is 16.2 Å². The molecular formula is C37H56. The molecule has 3 aromatic rings. The van der Waals surface area contributed by atoms with Gasteiger partial charge in [0.2, 0.25) is 0 Å². The van der Waals surface area contributed by atoms with Crippen LogP contribution in [0.5, 0.6) is 0 Å². The topological polar surface area (TPSA) is 0 Å². The Morgan fingerprint density at radius 3 is 0.892 bits per heavy atom. The Balaban J connectivity index is 0. The van der Waals surface area contributed by atoms with Crippen LogP contribution in [0.3, 0.4) is 0 Å². The molecule has 0 heteroatoms. The van der Waals surface area contributed by atoms with E-state index in [2.05, 4.69) is 120 Å². The molecule has 0 saturated heterocycles. The minimum absolute atomic E-state index is 0.293. The van der Waals surface area contributed by atoms with Crippen molar-refractivity contribution in [1.29, 1.82) is 0 Å². The van der Waals surface area contributed by atoms with E-state index in [4.69, 9.17) is 0 Å². The fraction of sp³-hybridized carbons (Fsp3) is 0.405. The Bertz CT molecular complexity index is 863. The van der Waals surface area contributed by atoms with E-state index in [1.165, 1.54) is 23.1 Å². The number of hydrogen-bond donors (Lipinski definition) is 0. The average molecular weight is 501 g/mol. The second kappa shape index (κ2) is 19.3. The lowest BCUT2D eigenvalue weighted by Gasteiger charge is -2.18. The Hall–Kier alpha value is -2.86. The summed E-state index contributed by atoms with van der Waals surface area (Å²) >= 11 is 0. The Labute approximate surface area is 231 Å². The summed E-state index contributed by atoms with van der Waals surface area (Å²) in [6.45, 7) is 31.6.